The molecule has 2 aliphatic rings. The second-order valence-corrected chi connectivity index (χ2v) is 10.8. The van der Waals surface area contributed by atoms with Crippen molar-refractivity contribution in [1.29, 1.82) is 0 Å². The molecule has 3 rings (SSSR count). The maximum absolute atomic E-state index is 11.9. The predicted octanol–water partition coefficient (Wildman–Crippen LogP) is 4.45. The molecular formula is C31H51BrN2O2. The third-order valence-electron chi connectivity index (χ3n) is 8.20. The SMILES string of the molecule is CCCCCCCCCCCCCCC1(O)C(C)=C(C)C2=[N+](Cc3cccc(OC)c3)CCCN21.[Br-]. The van der Waals surface area contributed by atoms with Gasteiger partial charge in [-0.1, -0.05) is 89.7 Å². The maximum atomic E-state index is 11.9. The lowest BCUT2D eigenvalue weighted by molar-refractivity contribution is -0.554. The van der Waals surface area contributed by atoms with Crippen molar-refractivity contribution in [3.63, 3.8) is 0 Å². The zero-order valence-corrected chi connectivity index (χ0v) is 25.0. The third-order valence-corrected chi connectivity index (χ3v) is 8.20. The lowest BCUT2D eigenvalue weighted by Gasteiger charge is -2.34. The van der Waals surface area contributed by atoms with Crippen molar-refractivity contribution in [2.45, 2.75) is 123 Å². The second-order valence-electron chi connectivity index (χ2n) is 10.8. The van der Waals surface area contributed by atoms with Crippen molar-refractivity contribution < 1.29 is 31.4 Å². The van der Waals surface area contributed by atoms with Crippen molar-refractivity contribution in [2.24, 2.45) is 0 Å². The van der Waals surface area contributed by atoms with Crippen LogP contribution >= 0.6 is 0 Å². The van der Waals surface area contributed by atoms with Crippen molar-refractivity contribution in [1.82, 2.24) is 4.90 Å². The summed E-state index contributed by atoms with van der Waals surface area (Å²) in [5, 5.41) is 11.9. The molecule has 2 aliphatic heterocycles. The van der Waals surface area contributed by atoms with Gasteiger partial charge in [-0.25, -0.2) is 4.90 Å². The molecule has 204 valence electrons. The summed E-state index contributed by atoms with van der Waals surface area (Å²) in [6.45, 7) is 9.44. The molecule has 1 aromatic carbocycles. The second kappa shape index (κ2) is 15.8. The minimum Gasteiger partial charge on any atom is -1.00 e. The van der Waals surface area contributed by atoms with Gasteiger partial charge in [0.05, 0.1) is 20.2 Å². The van der Waals surface area contributed by atoms with E-state index in [4.69, 9.17) is 4.74 Å². The topological polar surface area (TPSA) is 35.7 Å². The molecule has 0 saturated heterocycles. The van der Waals surface area contributed by atoms with Gasteiger partial charge < -0.3 is 26.8 Å². The van der Waals surface area contributed by atoms with E-state index in [0.717, 1.165) is 50.2 Å². The molecule has 0 saturated carbocycles. The summed E-state index contributed by atoms with van der Waals surface area (Å²) >= 11 is 0. The van der Waals surface area contributed by atoms with Gasteiger partial charge in [-0.05, 0) is 38.0 Å². The normalized spacial score (nSPS) is 19.5. The molecule has 0 aromatic heterocycles. The molecule has 1 aromatic rings. The largest absolute Gasteiger partial charge is 1.00 e. The highest BCUT2D eigenvalue weighted by Gasteiger charge is 2.53. The van der Waals surface area contributed by atoms with Crippen LogP contribution in [0.5, 0.6) is 5.75 Å². The number of benzene rings is 1. The van der Waals surface area contributed by atoms with Gasteiger partial charge in [-0.15, -0.1) is 0 Å². The zero-order valence-electron chi connectivity index (χ0n) is 23.5. The Balaban J connectivity index is 0.00000456. The number of methoxy groups -OCH3 is 1. The van der Waals surface area contributed by atoms with Gasteiger partial charge in [0.15, 0.2) is 0 Å². The minimum absolute atomic E-state index is 0. The van der Waals surface area contributed by atoms with Crippen LogP contribution < -0.4 is 21.7 Å². The summed E-state index contributed by atoms with van der Waals surface area (Å²) in [4.78, 5) is 2.31. The summed E-state index contributed by atoms with van der Waals surface area (Å²) in [5.41, 5.74) is 2.84. The Kier molecular flexibility index (Phi) is 13.6. The summed E-state index contributed by atoms with van der Waals surface area (Å²) in [6.07, 6.45) is 18.0. The van der Waals surface area contributed by atoms with Crippen molar-refractivity contribution in [2.75, 3.05) is 20.2 Å². The number of halogens is 1. The number of nitrogens with zero attached hydrogens (tertiary/aromatic N) is 2. The van der Waals surface area contributed by atoms with E-state index in [1.54, 1.807) is 7.11 Å². The first-order chi connectivity index (χ1) is 17.0. The predicted molar refractivity (Wildman–Crippen MR) is 147 cm³/mol. The van der Waals surface area contributed by atoms with Crippen LogP contribution in [0.25, 0.3) is 0 Å². The molecule has 1 unspecified atom stereocenters. The van der Waals surface area contributed by atoms with E-state index in [-0.39, 0.29) is 17.0 Å². The summed E-state index contributed by atoms with van der Waals surface area (Å²) < 4.78 is 7.88. The van der Waals surface area contributed by atoms with E-state index in [9.17, 15) is 5.11 Å². The number of unbranched alkanes of at least 4 members (excludes halogenated alkanes) is 11. The van der Waals surface area contributed by atoms with Crippen LogP contribution in [0.2, 0.25) is 0 Å². The number of ether oxygens (including phenoxy) is 1. The molecule has 0 bridgehead atoms. The highest BCUT2D eigenvalue weighted by Crippen LogP contribution is 2.39. The molecule has 0 radical (unpaired) electrons. The molecular weight excluding hydrogens is 512 g/mol. The van der Waals surface area contributed by atoms with Gasteiger partial charge in [-0.3, -0.25) is 4.58 Å². The average molecular weight is 564 g/mol. The molecule has 1 atom stereocenters. The van der Waals surface area contributed by atoms with E-state index in [0.29, 0.717) is 0 Å². The summed E-state index contributed by atoms with van der Waals surface area (Å²) in [5.74, 6) is 2.14. The number of hydrogen-bond acceptors (Lipinski definition) is 3. The van der Waals surface area contributed by atoms with Crippen LogP contribution in [0.3, 0.4) is 0 Å². The Hall–Kier alpha value is -1.33. The molecule has 36 heavy (non-hydrogen) atoms. The first-order valence-electron chi connectivity index (χ1n) is 14.4. The first-order valence-corrected chi connectivity index (χ1v) is 14.4. The fourth-order valence-electron chi connectivity index (χ4n) is 5.95. The van der Waals surface area contributed by atoms with E-state index < -0.39 is 5.72 Å². The van der Waals surface area contributed by atoms with Crippen molar-refractivity contribution >= 4 is 5.84 Å². The van der Waals surface area contributed by atoms with Crippen molar-refractivity contribution in [3.05, 3.63) is 41.0 Å². The molecule has 2 heterocycles. The van der Waals surface area contributed by atoms with Crippen LogP contribution in [-0.2, 0) is 6.54 Å². The zero-order chi connectivity index (χ0) is 25.1. The Morgan fingerprint density at radius 1 is 0.944 bits per heavy atom. The van der Waals surface area contributed by atoms with Gasteiger partial charge in [-0.2, -0.15) is 0 Å². The first kappa shape index (κ1) is 30.9. The number of rotatable bonds is 16. The molecule has 0 amide bonds. The Morgan fingerprint density at radius 2 is 1.56 bits per heavy atom. The van der Waals surface area contributed by atoms with E-state index in [1.165, 1.54) is 87.6 Å². The molecule has 0 fully saturated rings. The van der Waals surface area contributed by atoms with Gasteiger partial charge >= 0.3 is 0 Å². The number of amidine groups is 1. The van der Waals surface area contributed by atoms with Gasteiger partial charge in [0.1, 0.15) is 12.3 Å². The highest BCUT2D eigenvalue weighted by atomic mass is 79.9. The van der Waals surface area contributed by atoms with Crippen LogP contribution in [-0.4, -0.2) is 46.3 Å². The van der Waals surface area contributed by atoms with Crippen LogP contribution in [0, 0.1) is 0 Å². The number of aliphatic hydroxyl groups is 1. The van der Waals surface area contributed by atoms with E-state index >= 15 is 0 Å². The molecule has 5 heteroatoms. The number of fused-ring (bicyclic) bond motifs is 1. The lowest BCUT2D eigenvalue weighted by Crippen LogP contribution is -3.00. The van der Waals surface area contributed by atoms with Gasteiger partial charge in [0, 0.05) is 24.0 Å². The quantitative estimate of drug-likeness (QED) is 0.239. The van der Waals surface area contributed by atoms with E-state index in [1.807, 2.05) is 6.07 Å². The molecule has 0 spiro atoms. The lowest BCUT2D eigenvalue weighted by atomic mass is 9.96. The standard InChI is InChI=1S/C31H51N2O2.BrH/c1-5-6-7-8-9-10-11-12-13-14-15-16-21-31(34)27(3)26(2)30-32(22-18-23-33(30)31)25-28-19-17-20-29(24-28)35-4;/h17,19-20,24,34H,5-16,18,21-23,25H2,1-4H3;1H/q+1;/p-1. The highest BCUT2D eigenvalue weighted by molar-refractivity contribution is 5.98. The smallest absolute Gasteiger partial charge is 0.277 e. The van der Waals surface area contributed by atoms with Crippen molar-refractivity contribution in [3.8, 4) is 5.75 Å². The number of hydrogen-bond donors (Lipinski definition) is 1. The Bertz CT molecular complexity index is 866. The minimum atomic E-state index is -0.815. The third kappa shape index (κ3) is 8.08. The van der Waals surface area contributed by atoms with Crippen LogP contribution in [0.15, 0.2) is 35.4 Å². The van der Waals surface area contributed by atoms with Crippen LogP contribution in [0.4, 0.5) is 0 Å². The Morgan fingerprint density at radius 3 is 2.17 bits per heavy atom. The average Bonchev–Trinajstić information content (AvgIpc) is 3.06. The molecule has 1 N–H and O–H groups in total. The maximum Gasteiger partial charge on any atom is 0.277 e. The Labute approximate surface area is 231 Å². The molecule has 0 aliphatic carbocycles. The monoisotopic (exact) mass is 562 g/mol. The van der Waals surface area contributed by atoms with E-state index in [2.05, 4.69) is 48.4 Å². The summed E-state index contributed by atoms with van der Waals surface area (Å²) in [6, 6.07) is 8.35. The van der Waals surface area contributed by atoms with Gasteiger partial charge in [0.25, 0.3) is 5.84 Å². The molecule has 4 nitrogen and oxygen atoms in total. The van der Waals surface area contributed by atoms with Crippen LogP contribution in [0.1, 0.15) is 116 Å². The summed E-state index contributed by atoms with van der Waals surface area (Å²) in [7, 11) is 1.72. The fourth-order valence-corrected chi connectivity index (χ4v) is 5.95. The fraction of sp³-hybridized carbons (Fsp3) is 0.710. The van der Waals surface area contributed by atoms with Gasteiger partial charge in [0.2, 0.25) is 5.72 Å².